The fourth-order valence-corrected chi connectivity index (χ4v) is 1.56. The first-order chi connectivity index (χ1) is 5.25. The van der Waals surface area contributed by atoms with Crippen LogP contribution in [-0.2, 0) is 6.42 Å². The summed E-state index contributed by atoms with van der Waals surface area (Å²) in [6, 6.07) is 5.07. The van der Waals surface area contributed by atoms with E-state index in [9.17, 15) is 4.39 Å². The molecule has 0 saturated heterocycles. The van der Waals surface area contributed by atoms with E-state index < -0.39 is 0 Å². The van der Waals surface area contributed by atoms with Crippen molar-refractivity contribution in [3.05, 3.63) is 34.1 Å². The van der Waals surface area contributed by atoms with Crippen molar-refractivity contribution in [3.63, 3.8) is 0 Å². The van der Waals surface area contributed by atoms with Crippen molar-refractivity contribution in [1.82, 2.24) is 0 Å². The van der Waals surface area contributed by atoms with Crippen LogP contribution in [0.25, 0.3) is 0 Å². The summed E-state index contributed by atoms with van der Waals surface area (Å²) < 4.78 is 13.9. The summed E-state index contributed by atoms with van der Waals surface area (Å²) in [5, 5.41) is 0. The molecule has 0 N–H and O–H groups in total. The smallest absolute Gasteiger partial charge is 0.127 e. The number of benzene rings is 1. The van der Waals surface area contributed by atoms with Crippen LogP contribution >= 0.6 is 15.9 Å². The van der Waals surface area contributed by atoms with E-state index in [1.165, 1.54) is 6.07 Å². The van der Waals surface area contributed by atoms with Gasteiger partial charge in [0.15, 0.2) is 0 Å². The molecule has 1 aromatic carbocycles. The normalized spacial score (nSPS) is 10.1. The quantitative estimate of drug-likeness (QED) is 0.710. The molecule has 0 amide bonds. The van der Waals surface area contributed by atoms with Gasteiger partial charge in [-0.3, -0.25) is 0 Å². The zero-order chi connectivity index (χ0) is 8.27. The molecule has 2 heteroatoms. The third kappa shape index (κ3) is 2.03. The molecule has 0 radical (unpaired) electrons. The van der Waals surface area contributed by atoms with Crippen LogP contribution in [0.5, 0.6) is 0 Å². The van der Waals surface area contributed by atoms with Crippen molar-refractivity contribution < 1.29 is 4.39 Å². The van der Waals surface area contributed by atoms with Gasteiger partial charge >= 0.3 is 0 Å². The molecule has 0 unspecified atom stereocenters. The van der Waals surface area contributed by atoms with E-state index in [0.717, 1.165) is 22.9 Å². The van der Waals surface area contributed by atoms with E-state index in [4.69, 9.17) is 0 Å². The van der Waals surface area contributed by atoms with Crippen LogP contribution in [0, 0.1) is 5.82 Å². The molecule has 60 valence electrons. The topological polar surface area (TPSA) is 0 Å². The molecular formula is C9H10BrF. The lowest BCUT2D eigenvalue weighted by molar-refractivity contribution is 0.606. The molecule has 0 aromatic heterocycles. The van der Waals surface area contributed by atoms with Crippen molar-refractivity contribution in [1.29, 1.82) is 0 Å². The van der Waals surface area contributed by atoms with E-state index in [1.54, 1.807) is 6.07 Å². The Morgan fingerprint density at radius 1 is 1.45 bits per heavy atom. The zero-order valence-electron chi connectivity index (χ0n) is 6.40. The van der Waals surface area contributed by atoms with Gasteiger partial charge in [0.25, 0.3) is 0 Å². The maximum Gasteiger partial charge on any atom is 0.127 e. The highest BCUT2D eigenvalue weighted by molar-refractivity contribution is 9.10. The third-order valence-electron chi connectivity index (χ3n) is 1.56. The van der Waals surface area contributed by atoms with Crippen LogP contribution in [0.4, 0.5) is 4.39 Å². The summed E-state index contributed by atoms with van der Waals surface area (Å²) in [4.78, 5) is 0. The minimum atomic E-state index is -0.110. The molecule has 0 heterocycles. The molecule has 0 atom stereocenters. The monoisotopic (exact) mass is 216 g/mol. The first-order valence-corrected chi connectivity index (χ1v) is 4.48. The number of hydrogen-bond donors (Lipinski definition) is 0. The molecule has 0 saturated carbocycles. The van der Waals surface area contributed by atoms with Crippen molar-refractivity contribution in [2.45, 2.75) is 19.8 Å². The predicted octanol–water partition coefficient (Wildman–Crippen LogP) is 3.54. The Bertz CT molecular complexity index is 225. The van der Waals surface area contributed by atoms with Crippen LogP contribution in [0.2, 0.25) is 0 Å². The van der Waals surface area contributed by atoms with E-state index in [2.05, 4.69) is 15.9 Å². The molecule has 0 spiro atoms. The van der Waals surface area contributed by atoms with Crippen LogP contribution in [-0.4, -0.2) is 0 Å². The zero-order valence-corrected chi connectivity index (χ0v) is 7.99. The Kier molecular flexibility index (Phi) is 3.06. The fraction of sp³-hybridized carbons (Fsp3) is 0.333. The molecule has 0 fully saturated rings. The summed E-state index contributed by atoms with van der Waals surface area (Å²) >= 11 is 3.31. The SMILES string of the molecule is CCCc1c(F)cccc1Br. The number of rotatable bonds is 2. The third-order valence-corrected chi connectivity index (χ3v) is 2.30. The molecule has 0 bridgehead atoms. The highest BCUT2D eigenvalue weighted by atomic mass is 79.9. The average molecular weight is 217 g/mol. The Morgan fingerprint density at radius 3 is 2.73 bits per heavy atom. The van der Waals surface area contributed by atoms with Gasteiger partial charge in [-0.05, 0) is 18.6 Å². The first-order valence-electron chi connectivity index (χ1n) is 3.68. The maximum atomic E-state index is 13.0. The van der Waals surface area contributed by atoms with E-state index in [-0.39, 0.29) is 5.82 Å². The second kappa shape index (κ2) is 3.86. The van der Waals surface area contributed by atoms with Crippen molar-refractivity contribution in [2.75, 3.05) is 0 Å². The minimum Gasteiger partial charge on any atom is -0.207 e. The summed E-state index contributed by atoms with van der Waals surface area (Å²) in [6.07, 6.45) is 1.77. The van der Waals surface area contributed by atoms with Gasteiger partial charge in [-0.25, -0.2) is 4.39 Å². The van der Waals surface area contributed by atoms with Gasteiger partial charge in [0, 0.05) is 10.0 Å². The van der Waals surface area contributed by atoms with Gasteiger partial charge in [0.1, 0.15) is 5.82 Å². The second-order valence-electron chi connectivity index (χ2n) is 2.45. The van der Waals surface area contributed by atoms with Gasteiger partial charge in [0.2, 0.25) is 0 Å². The van der Waals surface area contributed by atoms with Crippen molar-refractivity contribution in [3.8, 4) is 0 Å². The highest BCUT2D eigenvalue weighted by Gasteiger charge is 2.03. The Balaban J connectivity index is 3.00. The van der Waals surface area contributed by atoms with E-state index in [0.29, 0.717) is 0 Å². The lowest BCUT2D eigenvalue weighted by atomic mass is 10.1. The summed E-state index contributed by atoms with van der Waals surface area (Å²) in [5.74, 6) is -0.110. The Morgan fingerprint density at radius 2 is 2.18 bits per heavy atom. The molecule has 0 aliphatic heterocycles. The van der Waals surface area contributed by atoms with Gasteiger partial charge in [-0.15, -0.1) is 0 Å². The summed E-state index contributed by atoms with van der Waals surface area (Å²) in [6.45, 7) is 2.04. The molecule has 0 nitrogen and oxygen atoms in total. The second-order valence-corrected chi connectivity index (χ2v) is 3.30. The summed E-state index contributed by atoms with van der Waals surface area (Å²) in [5.41, 5.74) is 0.787. The van der Waals surface area contributed by atoms with Gasteiger partial charge in [-0.1, -0.05) is 35.3 Å². The van der Waals surface area contributed by atoms with Crippen LogP contribution in [0.1, 0.15) is 18.9 Å². The van der Waals surface area contributed by atoms with E-state index in [1.807, 2.05) is 13.0 Å². The number of hydrogen-bond acceptors (Lipinski definition) is 0. The lowest BCUT2D eigenvalue weighted by Gasteiger charge is -2.02. The lowest BCUT2D eigenvalue weighted by Crippen LogP contribution is -1.90. The van der Waals surface area contributed by atoms with Gasteiger partial charge in [-0.2, -0.15) is 0 Å². The largest absolute Gasteiger partial charge is 0.207 e. The van der Waals surface area contributed by atoms with Crippen LogP contribution in [0.3, 0.4) is 0 Å². The van der Waals surface area contributed by atoms with E-state index >= 15 is 0 Å². The molecule has 1 rings (SSSR count). The average Bonchev–Trinajstić information content (AvgIpc) is 1.97. The molecule has 0 aliphatic carbocycles. The van der Waals surface area contributed by atoms with Gasteiger partial charge in [0.05, 0.1) is 0 Å². The summed E-state index contributed by atoms with van der Waals surface area (Å²) in [7, 11) is 0. The highest BCUT2D eigenvalue weighted by Crippen LogP contribution is 2.20. The van der Waals surface area contributed by atoms with Crippen LogP contribution < -0.4 is 0 Å². The standard InChI is InChI=1S/C9H10BrF/c1-2-4-7-8(10)5-3-6-9(7)11/h3,5-6H,2,4H2,1H3. The Labute approximate surface area is 74.6 Å². The maximum absolute atomic E-state index is 13.0. The first kappa shape index (κ1) is 8.72. The minimum absolute atomic E-state index is 0.110. The predicted molar refractivity (Wildman–Crippen MR) is 48.1 cm³/mol. The van der Waals surface area contributed by atoms with Crippen LogP contribution in [0.15, 0.2) is 22.7 Å². The fourth-order valence-electron chi connectivity index (χ4n) is 1.02. The number of halogens is 2. The Hall–Kier alpha value is -0.370. The van der Waals surface area contributed by atoms with Crippen molar-refractivity contribution in [2.24, 2.45) is 0 Å². The molecule has 1 aromatic rings. The van der Waals surface area contributed by atoms with Gasteiger partial charge < -0.3 is 0 Å². The molecule has 11 heavy (non-hydrogen) atoms. The van der Waals surface area contributed by atoms with Crippen molar-refractivity contribution >= 4 is 15.9 Å². The molecule has 0 aliphatic rings. The molecular weight excluding hydrogens is 207 g/mol.